The molecule has 2 aromatic rings. The molecular weight excluding hydrogens is 262 g/mol. The molecule has 0 radical (unpaired) electrons. The second-order valence-corrected chi connectivity index (χ2v) is 5.00. The molecule has 3 nitrogen and oxygen atoms in total. The molecule has 2 rings (SSSR count). The predicted molar refractivity (Wildman–Crippen MR) is 78.0 cm³/mol. The quantitative estimate of drug-likeness (QED) is 0.787. The SMILES string of the molecule is Cc1ccc(NC(C)c2ccc(O)cc2O)c(Cl)c1. The van der Waals surface area contributed by atoms with Gasteiger partial charge in [0.1, 0.15) is 11.5 Å². The van der Waals surface area contributed by atoms with Gasteiger partial charge in [-0.15, -0.1) is 0 Å². The van der Waals surface area contributed by atoms with E-state index in [1.165, 1.54) is 6.07 Å². The van der Waals surface area contributed by atoms with Crippen LogP contribution in [0, 0.1) is 6.92 Å². The van der Waals surface area contributed by atoms with Gasteiger partial charge in [0.2, 0.25) is 0 Å². The minimum absolute atomic E-state index is 0.0434. The number of aromatic hydroxyl groups is 2. The lowest BCUT2D eigenvalue weighted by molar-refractivity contribution is 0.444. The maximum Gasteiger partial charge on any atom is 0.124 e. The topological polar surface area (TPSA) is 52.5 Å². The van der Waals surface area contributed by atoms with Crippen LogP contribution in [-0.2, 0) is 0 Å². The lowest BCUT2D eigenvalue weighted by Crippen LogP contribution is -2.07. The second-order valence-electron chi connectivity index (χ2n) is 4.59. The van der Waals surface area contributed by atoms with E-state index in [2.05, 4.69) is 5.32 Å². The van der Waals surface area contributed by atoms with Crippen LogP contribution < -0.4 is 5.32 Å². The van der Waals surface area contributed by atoms with Gasteiger partial charge in [-0.1, -0.05) is 17.7 Å². The number of phenols is 2. The zero-order valence-electron chi connectivity index (χ0n) is 10.8. The van der Waals surface area contributed by atoms with Crippen LogP contribution in [0.5, 0.6) is 11.5 Å². The number of aryl methyl sites for hydroxylation is 1. The number of benzene rings is 2. The number of anilines is 1. The Balaban J connectivity index is 2.23. The van der Waals surface area contributed by atoms with Crippen LogP contribution in [0.2, 0.25) is 5.02 Å². The molecule has 19 heavy (non-hydrogen) atoms. The summed E-state index contributed by atoms with van der Waals surface area (Å²) in [6.45, 7) is 3.90. The summed E-state index contributed by atoms with van der Waals surface area (Å²) in [5.41, 5.74) is 2.61. The average Bonchev–Trinajstić information content (AvgIpc) is 2.32. The van der Waals surface area contributed by atoms with Crippen LogP contribution in [0.25, 0.3) is 0 Å². The number of phenolic OH excluding ortho intramolecular Hbond substituents is 2. The number of nitrogens with one attached hydrogen (secondary N) is 1. The molecule has 3 N–H and O–H groups in total. The summed E-state index contributed by atoms with van der Waals surface area (Å²) in [5.74, 6) is 0.102. The van der Waals surface area contributed by atoms with Gasteiger partial charge in [-0.2, -0.15) is 0 Å². The van der Waals surface area contributed by atoms with Gasteiger partial charge in [-0.3, -0.25) is 0 Å². The molecule has 100 valence electrons. The largest absolute Gasteiger partial charge is 0.508 e. The standard InChI is InChI=1S/C15H16ClNO2/c1-9-3-6-14(13(16)7-9)17-10(2)12-5-4-11(18)8-15(12)19/h3-8,10,17-19H,1-2H3. The van der Waals surface area contributed by atoms with E-state index in [0.29, 0.717) is 10.6 Å². The van der Waals surface area contributed by atoms with E-state index in [4.69, 9.17) is 11.6 Å². The molecule has 2 aromatic carbocycles. The number of rotatable bonds is 3. The lowest BCUT2D eigenvalue weighted by Gasteiger charge is -2.18. The summed E-state index contributed by atoms with van der Waals surface area (Å²) in [4.78, 5) is 0. The van der Waals surface area contributed by atoms with Gasteiger partial charge in [0.15, 0.2) is 0 Å². The Kier molecular flexibility index (Phi) is 3.86. The van der Waals surface area contributed by atoms with Crippen molar-refractivity contribution in [1.29, 1.82) is 0 Å². The molecule has 0 fully saturated rings. The van der Waals surface area contributed by atoms with Crippen LogP contribution in [0.1, 0.15) is 24.1 Å². The molecule has 0 saturated heterocycles. The minimum Gasteiger partial charge on any atom is -0.508 e. The molecule has 0 amide bonds. The van der Waals surface area contributed by atoms with E-state index in [1.807, 2.05) is 32.0 Å². The van der Waals surface area contributed by atoms with Crippen LogP contribution in [0.3, 0.4) is 0 Å². The van der Waals surface area contributed by atoms with E-state index in [9.17, 15) is 10.2 Å². The first kappa shape index (κ1) is 13.6. The Bertz CT molecular complexity index is 599. The van der Waals surface area contributed by atoms with Crippen molar-refractivity contribution in [2.45, 2.75) is 19.9 Å². The first-order valence-electron chi connectivity index (χ1n) is 6.02. The fraction of sp³-hybridized carbons (Fsp3) is 0.200. The molecule has 1 atom stereocenters. The zero-order valence-corrected chi connectivity index (χ0v) is 11.6. The summed E-state index contributed by atoms with van der Waals surface area (Å²) in [6.07, 6.45) is 0. The molecule has 0 aliphatic heterocycles. The molecule has 1 unspecified atom stereocenters. The highest BCUT2D eigenvalue weighted by atomic mass is 35.5. The molecule has 0 bridgehead atoms. The van der Waals surface area contributed by atoms with Crippen molar-refractivity contribution < 1.29 is 10.2 Å². The van der Waals surface area contributed by atoms with E-state index >= 15 is 0 Å². The number of hydrogen-bond donors (Lipinski definition) is 3. The number of halogens is 1. The van der Waals surface area contributed by atoms with Crippen LogP contribution in [0.15, 0.2) is 36.4 Å². The fourth-order valence-electron chi connectivity index (χ4n) is 1.95. The summed E-state index contributed by atoms with van der Waals surface area (Å²) >= 11 is 6.16. The van der Waals surface area contributed by atoms with Gasteiger partial charge in [0.05, 0.1) is 16.8 Å². The third-order valence-electron chi connectivity index (χ3n) is 2.98. The van der Waals surface area contributed by atoms with Gasteiger partial charge >= 0.3 is 0 Å². The highest BCUT2D eigenvalue weighted by Gasteiger charge is 2.12. The van der Waals surface area contributed by atoms with Gasteiger partial charge in [-0.25, -0.2) is 0 Å². The van der Waals surface area contributed by atoms with Gasteiger partial charge in [0.25, 0.3) is 0 Å². The van der Waals surface area contributed by atoms with Crippen molar-refractivity contribution in [3.63, 3.8) is 0 Å². The predicted octanol–water partition coefficient (Wildman–Crippen LogP) is 4.23. The van der Waals surface area contributed by atoms with Crippen LogP contribution in [0.4, 0.5) is 5.69 Å². The second kappa shape index (κ2) is 5.41. The first-order chi connectivity index (χ1) is 8.97. The van der Waals surface area contributed by atoms with Gasteiger partial charge < -0.3 is 15.5 Å². The molecule has 0 aliphatic rings. The maximum atomic E-state index is 9.82. The summed E-state index contributed by atoms with van der Waals surface area (Å²) in [6, 6.07) is 10.2. The average molecular weight is 278 g/mol. The smallest absolute Gasteiger partial charge is 0.124 e. The monoisotopic (exact) mass is 277 g/mol. The fourth-order valence-corrected chi connectivity index (χ4v) is 2.24. The Morgan fingerprint density at radius 3 is 2.47 bits per heavy atom. The van der Waals surface area contributed by atoms with Crippen LogP contribution in [-0.4, -0.2) is 10.2 Å². The molecular formula is C15H16ClNO2. The maximum absolute atomic E-state index is 9.82. The summed E-state index contributed by atoms with van der Waals surface area (Å²) < 4.78 is 0. The molecule has 4 heteroatoms. The van der Waals surface area contributed by atoms with Crippen molar-refractivity contribution in [3.8, 4) is 11.5 Å². The van der Waals surface area contributed by atoms with Crippen molar-refractivity contribution in [2.24, 2.45) is 0 Å². The van der Waals surface area contributed by atoms with Gasteiger partial charge in [0, 0.05) is 11.6 Å². The first-order valence-corrected chi connectivity index (χ1v) is 6.39. The van der Waals surface area contributed by atoms with Crippen molar-refractivity contribution in [3.05, 3.63) is 52.5 Å². The lowest BCUT2D eigenvalue weighted by atomic mass is 10.1. The highest BCUT2D eigenvalue weighted by molar-refractivity contribution is 6.33. The van der Waals surface area contributed by atoms with E-state index in [0.717, 1.165) is 11.3 Å². The molecule has 0 heterocycles. The van der Waals surface area contributed by atoms with Crippen molar-refractivity contribution >= 4 is 17.3 Å². The van der Waals surface area contributed by atoms with E-state index < -0.39 is 0 Å². The summed E-state index contributed by atoms with van der Waals surface area (Å²) in [7, 11) is 0. The third-order valence-corrected chi connectivity index (χ3v) is 3.29. The Morgan fingerprint density at radius 2 is 1.84 bits per heavy atom. The molecule has 0 aromatic heterocycles. The van der Waals surface area contributed by atoms with Crippen molar-refractivity contribution in [2.75, 3.05) is 5.32 Å². The molecule has 0 saturated carbocycles. The van der Waals surface area contributed by atoms with E-state index in [1.54, 1.807) is 12.1 Å². The molecule has 0 aliphatic carbocycles. The molecule has 0 spiro atoms. The Labute approximate surface area is 117 Å². The Morgan fingerprint density at radius 1 is 1.11 bits per heavy atom. The minimum atomic E-state index is -0.124. The normalized spacial score (nSPS) is 12.2. The van der Waals surface area contributed by atoms with Crippen LogP contribution >= 0.6 is 11.6 Å². The summed E-state index contributed by atoms with van der Waals surface area (Å²) in [5, 5.41) is 23.0. The highest BCUT2D eigenvalue weighted by Crippen LogP contribution is 2.32. The van der Waals surface area contributed by atoms with Crippen molar-refractivity contribution in [1.82, 2.24) is 0 Å². The Hall–Kier alpha value is -1.87. The zero-order chi connectivity index (χ0) is 14.0. The number of hydrogen-bond acceptors (Lipinski definition) is 3. The van der Waals surface area contributed by atoms with Gasteiger partial charge in [-0.05, 0) is 43.7 Å². The third kappa shape index (κ3) is 3.12. The van der Waals surface area contributed by atoms with E-state index in [-0.39, 0.29) is 17.5 Å².